The van der Waals surface area contributed by atoms with E-state index >= 15 is 0 Å². The molecule has 0 radical (unpaired) electrons. The van der Waals surface area contributed by atoms with Crippen molar-refractivity contribution in [1.82, 2.24) is 0 Å². The van der Waals surface area contributed by atoms with Gasteiger partial charge < -0.3 is 5.32 Å². The van der Waals surface area contributed by atoms with Gasteiger partial charge in [-0.3, -0.25) is 4.79 Å². The van der Waals surface area contributed by atoms with Crippen LogP contribution in [0.2, 0.25) is 0 Å². The quantitative estimate of drug-likeness (QED) is 0.805. The highest BCUT2D eigenvalue weighted by atomic mass is 32.2. The van der Waals surface area contributed by atoms with Crippen molar-refractivity contribution in [2.75, 3.05) is 5.32 Å². The number of thioether (sulfide) groups is 1. The Kier molecular flexibility index (Phi) is 5.13. The second-order valence-electron chi connectivity index (χ2n) is 4.69. The molecular weight excluding hydrogens is 311 g/mol. The second kappa shape index (κ2) is 6.87. The van der Waals surface area contributed by atoms with Crippen LogP contribution < -0.4 is 5.32 Å². The van der Waals surface area contributed by atoms with Gasteiger partial charge in [-0.2, -0.15) is 13.2 Å². The maximum Gasteiger partial charge on any atom is 0.416 e. The maximum atomic E-state index is 12.6. The van der Waals surface area contributed by atoms with Gasteiger partial charge in [0.15, 0.2) is 0 Å². The second-order valence-corrected chi connectivity index (χ2v) is 5.74. The Balaban J connectivity index is 1.99. The highest BCUT2D eigenvalue weighted by Gasteiger charge is 2.30. The zero-order valence-corrected chi connectivity index (χ0v) is 12.6. The highest BCUT2D eigenvalue weighted by molar-refractivity contribution is 7.98. The van der Waals surface area contributed by atoms with Crippen LogP contribution in [0.25, 0.3) is 0 Å². The number of rotatable bonds is 4. The fourth-order valence-electron chi connectivity index (χ4n) is 1.84. The van der Waals surface area contributed by atoms with Crippen LogP contribution in [0.1, 0.15) is 18.1 Å². The monoisotopic (exact) mass is 325 g/mol. The van der Waals surface area contributed by atoms with E-state index in [2.05, 4.69) is 5.32 Å². The van der Waals surface area contributed by atoms with Gasteiger partial charge in [-0.25, -0.2) is 0 Å². The standard InChI is InChI=1S/C16H14F3NOS/c1-11(21)20-14-5-7-15(8-6-14)22-10-12-3-2-4-13(9-12)16(17,18)19/h2-9H,10H2,1H3,(H,20,21). The van der Waals surface area contributed by atoms with E-state index in [9.17, 15) is 18.0 Å². The number of carbonyl (C=O) groups excluding carboxylic acids is 1. The normalized spacial score (nSPS) is 11.3. The molecule has 0 aliphatic heterocycles. The number of amides is 1. The molecule has 0 bridgehead atoms. The number of carbonyl (C=O) groups is 1. The summed E-state index contributed by atoms with van der Waals surface area (Å²) in [6, 6.07) is 12.5. The van der Waals surface area contributed by atoms with Gasteiger partial charge in [-0.15, -0.1) is 11.8 Å². The molecule has 0 aromatic heterocycles. The molecule has 22 heavy (non-hydrogen) atoms. The van der Waals surface area contributed by atoms with E-state index in [1.807, 2.05) is 12.1 Å². The van der Waals surface area contributed by atoms with E-state index in [4.69, 9.17) is 0 Å². The summed E-state index contributed by atoms with van der Waals surface area (Å²) in [5, 5.41) is 2.66. The van der Waals surface area contributed by atoms with Crippen LogP contribution in [0.3, 0.4) is 0 Å². The molecule has 116 valence electrons. The van der Waals surface area contributed by atoms with E-state index in [0.29, 0.717) is 17.0 Å². The Hall–Kier alpha value is -1.95. The zero-order valence-electron chi connectivity index (χ0n) is 11.8. The molecule has 0 atom stereocenters. The summed E-state index contributed by atoms with van der Waals surface area (Å²) >= 11 is 1.44. The first-order valence-corrected chi connectivity index (χ1v) is 7.50. The molecule has 0 saturated heterocycles. The van der Waals surface area contributed by atoms with E-state index in [1.165, 1.54) is 30.8 Å². The van der Waals surface area contributed by atoms with Crippen molar-refractivity contribution in [1.29, 1.82) is 0 Å². The van der Waals surface area contributed by atoms with Gasteiger partial charge in [0, 0.05) is 23.3 Å². The summed E-state index contributed by atoms with van der Waals surface area (Å²) in [4.78, 5) is 11.8. The van der Waals surface area contributed by atoms with Gasteiger partial charge in [-0.1, -0.05) is 18.2 Å². The topological polar surface area (TPSA) is 29.1 Å². The largest absolute Gasteiger partial charge is 0.416 e. The van der Waals surface area contributed by atoms with Gasteiger partial charge in [0.25, 0.3) is 0 Å². The Bertz CT molecular complexity index is 653. The van der Waals surface area contributed by atoms with Crippen molar-refractivity contribution < 1.29 is 18.0 Å². The Labute approximate surface area is 130 Å². The van der Waals surface area contributed by atoms with E-state index < -0.39 is 11.7 Å². The van der Waals surface area contributed by atoms with Gasteiger partial charge >= 0.3 is 6.18 Å². The number of halogens is 3. The van der Waals surface area contributed by atoms with Gasteiger partial charge in [0.05, 0.1) is 5.56 Å². The van der Waals surface area contributed by atoms with Crippen LogP contribution >= 0.6 is 11.8 Å². The van der Waals surface area contributed by atoms with Crippen molar-refractivity contribution in [3.63, 3.8) is 0 Å². The molecule has 2 nitrogen and oxygen atoms in total. The lowest BCUT2D eigenvalue weighted by Gasteiger charge is -2.09. The first kappa shape index (κ1) is 16.4. The summed E-state index contributed by atoms with van der Waals surface area (Å²) in [7, 11) is 0. The van der Waals surface area contributed by atoms with Crippen molar-refractivity contribution in [3.05, 3.63) is 59.7 Å². The first-order valence-electron chi connectivity index (χ1n) is 6.51. The predicted octanol–water partition coefficient (Wildman–Crippen LogP) is 4.96. The molecule has 0 unspecified atom stereocenters. The van der Waals surface area contributed by atoms with Crippen molar-refractivity contribution in [3.8, 4) is 0 Å². The average Bonchev–Trinajstić information content (AvgIpc) is 2.45. The van der Waals surface area contributed by atoms with Gasteiger partial charge in [0.2, 0.25) is 5.91 Å². The van der Waals surface area contributed by atoms with Gasteiger partial charge in [0.1, 0.15) is 0 Å². The van der Waals surface area contributed by atoms with Crippen molar-refractivity contribution >= 4 is 23.4 Å². The van der Waals surface area contributed by atoms with E-state index in [0.717, 1.165) is 11.0 Å². The Morgan fingerprint density at radius 3 is 2.41 bits per heavy atom. The number of benzene rings is 2. The molecule has 0 aliphatic carbocycles. The molecule has 2 aromatic carbocycles. The van der Waals surface area contributed by atoms with Crippen molar-refractivity contribution in [2.45, 2.75) is 23.7 Å². The highest BCUT2D eigenvalue weighted by Crippen LogP contribution is 2.31. The molecular formula is C16H14F3NOS. The van der Waals surface area contributed by atoms with Crippen LogP contribution in [0.15, 0.2) is 53.4 Å². The summed E-state index contributed by atoms with van der Waals surface area (Å²) in [5.41, 5.74) is 0.674. The van der Waals surface area contributed by atoms with E-state index in [-0.39, 0.29) is 5.91 Å². The van der Waals surface area contributed by atoms with E-state index in [1.54, 1.807) is 18.2 Å². The molecule has 1 N–H and O–H groups in total. The number of hydrogen-bond acceptors (Lipinski definition) is 2. The molecule has 2 rings (SSSR count). The molecule has 0 heterocycles. The van der Waals surface area contributed by atoms with Crippen LogP contribution in [-0.2, 0) is 16.7 Å². The minimum atomic E-state index is -4.32. The van der Waals surface area contributed by atoms with Crippen LogP contribution in [0.4, 0.5) is 18.9 Å². The van der Waals surface area contributed by atoms with Crippen LogP contribution in [0, 0.1) is 0 Å². The third-order valence-electron chi connectivity index (χ3n) is 2.83. The molecule has 0 aliphatic rings. The van der Waals surface area contributed by atoms with Crippen LogP contribution in [0.5, 0.6) is 0 Å². The van der Waals surface area contributed by atoms with Crippen molar-refractivity contribution in [2.24, 2.45) is 0 Å². The molecule has 0 saturated carbocycles. The lowest BCUT2D eigenvalue weighted by atomic mass is 10.1. The molecule has 2 aromatic rings. The maximum absolute atomic E-state index is 12.6. The summed E-state index contributed by atoms with van der Waals surface area (Å²) in [6.07, 6.45) is -4.32. The van der Waals surface area contributed by atoms with Crippen LogP contribution in [-0.4, -0.2) is 5.91 Å². The smallest absolute Gasteiger partial charge is 0.326 e. The lowest BCUT2D eigenvalue weighted by molar-refractivity contribution is -0.137. The number of hydrogen-bond donors (Lipinski definition) is 1. The molecule has 0 fully saturated rings. The summed E-state index contributed by atoms with van der Waals surface area (Å²) < 4.78 is 37.9. The SMILES string of the molecule is CC(=O)Nc1ccc(SCc2cccc(C(F)(F)F)c2)cc1. The Morgan fingerprint density at radius 1 is 1.14 bits per heavy atom. The minimum absolute atomic E-state index is 0.149. The Morgan fingerprint density at radius 2 is 1.82 bits per heavy atom. The third kappa shape index (κ3) is 4.80. The lowest BCUT2D eigenvalue weighted by Crippen LogP contribution is -2.05. The fourth-order valence-corrected chi connectivity index (χ4v) is 2.68. The number of alkyl halides is 3. The van der Waals surface area contributed by atoms with Gasteiger partial charge in [-0.05, 0) is 35.9 Å². The molecule has 6 heteroatoms. The fraction of sp³-hybridized carbons (Fsp3) is 0.188. The number of nitrogens with one attached hydrogen (secondary N) is 1. The predicted molar refractivity (Wildman–Crippen MR) is 81.8 cm³/mol. The molecule has 0 spiro atoms. The average molecular weight is 325 g/mol. The molecule has 1 amide bonds. The zero-order chi connectivity index (χ0) is 16.2. The summed E-state index contributed by atoms with van der Waals surface area (Å²) in [6.45, 7) is 1.43. The third-order valence-corrected chi connectivity index (χ3v) is 3.92. The first-order chi connectivity index (χ1) is 10.3. The summed E-state index contributed by atoms with van der Waals surface area (Å²) in [5.74, 6) is 0.299. The number of anilines is 1. The minimum Gasteiger partial charge on any atom is -0.326 e.